The number of hydrogen-bond acceptors (Lipinski definition) is 4. The van der Waals surface area contributed by atoms with E-state index in [1.54, 1.807) is 23.7 Å². The molecule has 0 amide bonds. The Morgan fingerprint density at radius 2 is 1.94 bits per heavy atom. The number of rotatable bonds is 3. The lowest BCUT2D eigenvalue weighted by Gasteiger charge is -1.99. The third-order valence-electron chi connectivity index (χ3n) is 2.79. The number of Topliss-reactive ketones (excluding diaryl/α,β-unsaturated/α-hetero) is 1. The number of aromatic nitrogens is 2. The van der Waals surface area contributed by atoms with Gasteiger partial charge in [0.05, 0.1) is 5.56 Å². The summed E-state index contributed by atoms with van der Waals surface area (Å²) in [5.41, 5.74) is 1.64. The second-order valence-corrected chi connectivity index (χ2v) is 4.90. The van der Waals surface area contributed by atoms with Gasteiger partial charge in [0.15, 0.2) is 5.78 Å². The molecule has 0 saturated carbocycles. The van der Waals surface area contributed by atoms with Gasteiger partial charge in [0.25, 0.3) is 0 Å². The molecular formula is C14H10N2OS. The first-order valence-electron chi connectivity index (χ1n) is 5.58. The molecule has 0 aliphatic rings. The van der Waals surface area contributed by atoms with Gasteiger partial charge in [-0.15, -0.1) is 11.3 Å². The maximum atomic E-state index is 12.1. The van der Waals surface area contributed by atoms with Crippen LogP contribution in [0.15, 0.2) is 48.4 Å². The quantitative estimate of drug-likeness (QED) is 0.674. The minimum absolute atomic E-state index is 0.0548. The average molecular weight is 254 g/mol. The lowest BCUT2D eigenvalue weighted by Crippen LogP contribution is -2.03. The van der Waals surface area contributed by atoms with Crippen LogP contribution in [0.5, 0.6) is 0 Å². The van der Waals surface area contributed by atoms with Crippen LogP contribution < -0.4 is 0 Å². The first kappa shape index (κ1) is 11.0. The van der Waals surface area contributed by atoms with E-state index < -0.39 is 0 Å². The number of nitrogens with zero attached hydrogens (tertiary/aromatic N) is 2. The Hall–Kier alpha value is -2.07. The third-order valence-corrected chi connectivity index (χ3v) is 3.81. The normalized spacial score (nSPS) is 10.7. The summed E-state index contributed by atoms with van der Waals surface area (Å²) in [5.74, 6) is 0.0548. The van der Waals surface area contributed by atoms with Gasteiger partial charge in [0.1, 0.15) is 6.33 Å². The summed E-state index contributed by atoms with van der Waals surface area (Å²) in [7, 11) is 0. The van der Waals surface area contributed by atoms with Gasteiger partial charge in [0.2, 0.25) is 0 Å². The summed E-state index contributed by atoms with van der Waals surface area (Å²) < 4.78 is 1.21. The predicted octanol–water partition coefficient (Wildman–Crippen LogP) is 3.12. The molecule has 1 aromatic carbocycles. The number of benzene rings is 1. The molecule has 4 heteroatoms. The number of carbonyl (C=O) groups excluding carboxylic acids is 1. The van der Waals surface area contributed by atoms with Crippen molar-refractivity contribution in [2.45, 2.75) is 6.42 Å². The predicted molar refractivity (Wildman–Crippen MR) is 71.9 cm³/mol. The zero-order valence-corrected chi connectivity index (χ0v) is 10.4. The first-order chi connectivity index (χ1) is 8.84. The van der Waals surface area contributed by atoms with Gasteiger partial charge in [-0.25, -0.2) is 9.97 Å². The maximum absolute atomic E-state index is 12.1. The van der Waals surface area contributed by atoms with Crippen molar-refractivity contribution in [1.82, 2.24) is 9.97 Å². The van der Waals surface area contributed by atoms with Crippen LogP contribution in [0.1, 0.15) is 15.9 Å². The molecule has 3 aromatic rings. The standard InChI is InChI=1S/C14H10N2OS/c17-13(11-6-15-9-16-7-11)5-10-8-18-14-4-2-1-3-12(10)14/h1-4,6-9H,5H2. The number of hydrogen-bond donors (Lipinski definition) is 0. The van der Waals surface area contributed by atoms with Crippen molar-refractivity contribution in [3.05, 3.63) is 59.5 Å². The van der Waals surface area contributed by atoms with Gasteiger partial charge in [-0.1, -0.05) is 18.2 Å². The van der Waals surface area contributed by atoms with Crippen molar-refractivity contribution in [2.75, 3.05) is 0 Å². The van der Waals surface area contributed by atoms with Crippen molar-refractivity contribution in [1.29, 1.82) is 0 Å². The minimum Gasteiger partial charge on any atom is -0.294 e. The van der Waals surface area contributed by atoms with Crippen LogP contribution in [0.3, 0.4) is 0 Å². The van der Waals surface area contributed by atoms with Crippen LogP contribution in [0, 0.1) is 0 Å². The summed E-state index contributed by atoms with van der Waals surface area (Å²) >= 11 is 1.67. The molecule has 88 valence electrons. The maximum Gasteiger partial charge on any atom is 0.170 e. The fraction of sp³-hybridized carbons (Fsp3) is 0.0714. The molecule has 0 bridgehead atoms. The van der Waals surface area contributed by atoms with E-state index in [2.05, 4.69) is 22.1 Å². The van der Waals surface area contributed by atoms with Gasteiger partial charge in [-0.3, -0.25) is 4.79 Å². The lowest BCUT2D eigenvalue weighted by molar-refractivity contribution is 0.0992. The molecule has 0 spiro atoms. The molecule has 0 N–H and O–H groups in total. The van der Waals surface area contributed by atoms with Crippen molar-refractivity contribution < 1.29 is 4.79 Å². The van der Waals surface area contributed by atoms with Crippen LogP contribution in [-0.2, 0) is 6.42 Å². The van der Waals surface area contributed by atoms with Gasteiger partial charge in [0, 0.05) is 23.5 Å². The zero-order valence-electron chi connectivity index (χ0n) is 9.54. The lowest BCUT2D eigenvalue weighted by atomic mass is 10.0. The largest absolute Gasteiger partial charge is 0.294 e. The van der Waals surface area contributed by atoms with Crippen LogP contribution >= 0.6 is 11.3 Å². The summed E-state index contributed by atoms with van der Waals surface area (Å²) in [6.07, 6.45) is 4.95. The Morgan fingerprint density at radius 1 is 1.17 bits per heavy atom. The van der Waals surface area contributed by atoms with E-state index in [1.807, 2.05) is 17.5 Å². The molecule has 0 atom stereocenters. The second-order valence-electron chi connectivity index (χ2n) is 3.98. The molecule has 3 nitrogen and oxygen atoms in total. The highest BCUT2D eigenvalue weighted by Crippen LogP contribution is 2.26. The first-order valence-corrected chi connectivity index (χ1v) is 6.46. The molecule has 0 unspecified atom stereocenters. The average Bonchev–Trinajstić information content (AvgIpc) is 2.83. The Bertz CT molecular complexity index is 691. The SMILES string of the molecule is O=C(Cc1csc2ccccc12)c1cncnc1. The van der Waals surface area contributed by atoms with E-state index in [4.69, 9.17) is 0 Å². The van der Waals surface area contributed by atoms with E-state index in [9.17, 15) is 4.79 Å². The van der Waals surface area contributed by atoms with Gasteiger partial charge < -0.3 is 0 Å². The van der Waals surface area contributed by atoms with Gasteiger partial charge in [-0.2, -0.15) is 0 Å². The Morgan fingerprint density at radius 3 is 2.78 bits per heavy atom. The van der Waals surface area contributed by atoms with E-state index in [0.29, 0.717) is 12.0 Å². The van der Waals surface area contributed by atoms with E-state index in [1.165, 1.54) is 11.0 Å². The monoisotopic (exact) mass is 254 g/mol. The molecule has 0 radical (unpaired) electrons. The molecule has 0 aliphatic carbocycles. The molecule has 0 aliphatic heterocycles. The molecule has 0 saturated heterocycles. The Labute approximate surface area is 108 Å². The number of thiophene rings is 1. The fourth-order valence-corrected chi connectivity index (χ4v) is 2.85. The highest BCUT2D eigenvalue weighted by Gasteiger charge is 2.11. The summed E-state index contributed by atoms with van der Waals surface area (Å²) in [6, 6.07) is 8.12. The Balaban J connectivity index is 1.91. The molecule has 18 heavy (non-hydrogen) atoms. The number of carbonyl (C=O) groups is 1. The molecule has 3 rings (SSSR count). The molecular weight excluding hydrogens is 244 g/mol. The Kier molecular flexibility index (Phi) is 2.86. The topological polar surface area (TPSA) is 42.9 Å². The summed E-state index contributed by atoms with van der Waals surface area (Å²) in [4.78, 5) is 19.8. The van der Waals surface area contributed by atoms with Gasteiger partial charge in [-0.05, 0) is 22.4 Å². The molecule has 0 fully saturated rings. The molecule has 2 aromatic heterocycles. The van der Waals surface area contributed by atoms with Crippen LogP contribution in [0.4, 0.5) is 0 Å². The summed E-state index contributed by atoms with van der Waals surface area (Å²) in [6.45, 7) is 0. The summed E-state index contributed by atoms with van der Waals surface area (Å²) in [5, 5.41) is 3.21. The second kappa shape index (κ2) is 4.66. The minimum atomic E-state index is 0.0548. The number of fused-ring (bicyclic) bond motifs is 1. The van der Waals surface area contributed by atoms with E-state index in [0.717, 1.165) is 10.9 Å². The fourth-order valence-electron chi connectivity index (χ4n) is 1.89. The van der Waals surface area contributed by atoms with Crippen LogP contribution in [0.2, 0.25) is 0 Å². The number of ketones is 1. The highest BCUT2D eigenvalue weighted by molar-refractivity contribution is 7.17. The molecule has 2 heterocycles. The van der Waals surface area contributed by atoms with Crippen LogP contribution in [0.25, 0.3) is 10.1 Å². The van der Waals surface area contributed by atoms with Gasteiger partial charge >= 0.3 is 0 Å². The van der Waals surface area contributed by atoms with Crippen molar-refractivity contribution in [3.8, 4) is 0 Å². The van der Waals surface area contributed by atoms with E-state index in [-0.39, 0.29) is 5.78 Å². The smallest absolute Gasteiger partial charge is 0.170 e. The highest BCUT2D eigenvalue weighted by atomic mass is 32.1. The van der Waals surface area contributed by atoms with Crippen LogP contribution in [-0.4, -0.2) is 15.8 Å². The van der Waals surface area contributed by atoms with E-state index >= 15 is 0 Å². The van der Waals surface area contributed by atoms with Crippen molar-refractivity contribution in [3.63, 3.8) is 0 Å². The third kappa shape index (κ3) is 2.02. The zero-order chi connectivity index (χ0) is 12.4. The van der Waals surface area contributed by atoms with Crippen molar-refractivity contribution >= 4 is 27.2 Å². The van der Waals surface area contributed by atoms with Crippen molar-refractivity contribution in [2.24, 2.45) is 0 Å².